The maximum atomic E-state index is 10.9. The molecule has 0 saturated carbocycles. The lowest BCUT2D eigenvalue weighted by atomic mass is 10.0. The van der Waals surface area contributed by atoms with Crippen molar-refractivity contribution in [1.82, 2.24) is 10.3 Å². The van der Waals surface area contributed by atoms with E-state index in [1.807, 2.05) is 30.3 Å². The number of benzene rings is 2. The molecule has 0 bridgehead atoms. The first-order valence-corrected chi connectivity index (χ1v) is 12.0. The number of pyridine rings is 1. The molecule has 1 aromatic heterocycles. The van der Waals surface area contributed by atoms with E-state index in [0.29, 0.717) is 19.5 Å². The Morgan fingerprint density at radius 3 is 2.63 bits per heavy atom. The van der Waals surface area contributed by atoms with Gasteiger partial charge < -0.3 is 15.1 Å². The lowest BCUT2D eigenvalue weighted by molar-refractivity contribution is 0.371. The molecule has 3 N–H and O–H groups in total. The van der Waals surface area contributed by atoms with Gasteiger partial charge in [-0.2, -0.15) is 0 Å². The number of hydrogen-bond donors (Lipinski definition) is 3. The first-order valence-electron chi connectivity index (χ1n) is 10.2. The van der Waals surface area contributed by atoms with Crippen molar-refractivity contribution in [2.24, 2.45) is 0 Å². The van der Waals surface area contributed by atoms with Crippen molar-refractivity contribution in [2.75, 3.05) is 12.7 Å². The molecule has 0 radical (unpaired) electrons. The minimum Gasteiger partial charge on any atom is -0.324 e. The predicted molar refractivity (Wildman–Crippen MR) is 121 cm³/mol. The van der Waals surface area contributed by atoms with Crippen LogP contribution in [0.3, 0.4) is 0 Å². The van der Waals surface area contributed by atoms with Gasteiger partial charge in [0.25, 0.3) is 0 Å². The molecule has 0 aliphatic heterocycles. The van der Waals surface area contributed by atoms with Crippen molar-refractivity contribution >= 4 is 18.5 Å². The van der Waals surface area contributed by atoms with E-state index in [2.05, 4.69) is 46.4 Å². The van der Waals surface area contributed by atoms with Gasteiger partial charge in [-0.05, 0) is 49.1 Å². The second-order valence-electron chi connectivity index (χ2n) is 7.23. The minimum atomic E-state index is -3.92. The van der Waals surface area contributed by atoms with Crippen LogP contribution in [0.15, 0.2) is 60.8 Å². The molecular weight excluding hydrogens is 395 g/mol. The Hall–Kier alpha value is -2.48. The number of aromatic nitrogens is 1. The standard InChI is InChI=1S/C24H27N2O3P/c27-30(28,29)18-8-16-25-19-22-15-14-21(23-13-7-17-26-24(22)23)12-6-2-5-11-20-9-3-1-4-10-20/h1,3-4,7,9-10,13-15,17,25H,2,5,8,11,16,18-19H2,(H2,27,28,29). The van der Waals surface area contributed by atoms with Crippen LogP contribution < -0.4 is 5.32 Å². The van der Waals surface area contributed by atoms with Gasteiger partial charge in [-0.1, -0.05) is 54.3 Å². The smallest absolute Gasteiger partial charge is 0.324 e. The Kier molecular flexibility index (Phi) is 8.19. The fourth-order valence-corrected chi connectivity index (χ4v) is 3.87. The summed E-state index contributed by atoms with van der Waals surface area (Å²) in [5.41, 5.74) is 4.28. The lowest BCUT2D eigenvalue weighted by Gasteiger charge is -2.09. The third-order valence-corrected chi connectivity index (χ3v) is 5.70. The first-order chi connectivity index (χ1) is 14.5. The Morgan fingerprint density at radius 1 is 1.00 bits per heavy atom. The van der Waals surface area contributed by atoms with Crippen molar-refractivity contribution in [3.63, 3.8) is 0 Å². The van der Waals surface area contributed by atoms with Crippen LogP contribution in [0.1, 0.15) is 36.0 Å². The zero-order chi connectivity index (χ0) is 21.2. The molecule has 0 atom stereocenters. The van der Waals surface area contributed by atoms with Gasteiger partial charge in [-0.3, -0.25) is 9.55 Å². The quantitative estimate of drug-likeness (QED) is 0.273. The van der Waals surface area contributed by atoms with E-state index in [4.69, 9.17) is 9.79 Å². The SMILES string of the molecule is O=P(O)(O)CCCNCc1ccc(C#CCCCc2ccccc2)c2cccnc12. The van der Waals surface area contributed by atoms with Crippen LogP contribution in [0.25, 0.3) is 10.9 Å². The molecule has 0 aliphatic carbocycles. The van der Waals surface area contributed by atoms with Gasteiger partial charge in [0.2, 0.25) is 0 Å². The van der Waals surface area contributed by atoms with Crippen LogP contribution in [0.4, 0.5) is 0 Å². The molecule has 5 nitrogen and oxygen atoms in total. The molecule has 0 saturated heterocycles. The summed E-state index contributed by atoms with van der Waals surface area (Å²) in [5.74, 6) is 6.59. The summed E-state index contributed by atoms with van der Waals surface area (Å²) in [6.07, 6.45) is 5.02. The van der Waals surface area contributed by atoms with Gasteiger partial charge in [-0.15, -0.1) is 0 Å². The van der Waals surface area contributed by atoms with E-state index in [-0.39, 0.29) is 6.16 Å². The summed E-state index contributed by atoms with van der Waals surface area (Å²) in [6, 6.07) is 18.5. The number of aryl methyl sites for hydroxylation is 1. The van der Waals surface area contributed by atoms with Crippen molar-refractivity contribution in [1.29, 1.82) is 0 Å². The largest absolute Gasteiger partial charge is 0.325 e. The summed E-state index contributed by atoms with van der Waals surface area (Å²) in [4.78, 5) is 22.4. The highest BCUT2D eigenvalue weighted by atomic mass is 31.2. The fourth-order valence-electron chi connectivity index (χ4n) is 3.30. The van der Waals surface area contributed by atoms with Crippen LogP contribution in [0.5, 0.6) is 0 Å². The van der Waals surface area contributed by atoms with E-state index in [1.54, 1.807) is 6.20 Å². The van der Waals surface area contributed by atoms with Gasteiger partial charge in [0.1, 0.15) is 0 Å². The Morgan fingerprint density at radius 2 is 1.83 bits per heavy atom. The summed E-state index contributed by atoms with van der Waals surface area (Å²) in [5, 5.41) is 4.27. The van der Waals surface area contributed by atoms with Crippen LogP contribution >= 0.6 is 7.60 Å². The van der Waals surface area contributed by atoms with Crippen LogP contribution in [0, 0.1) is 11.8 Å². The number of fused-ring (bicyclic) bond motifs is 1. The van der Waals surface area contributed by atoms with Crippen molar-refractivity contribution in [3.05, 3.63) is 77.5 Å². The second-order valence-corrected chi connectivity index (χ2v) is 9.01. The first kappa shape index (κ1) is 22.2. The molecule has 3 rings (SSSR count). The molecule has 3 aromatic rings. The van der Waals surface area contributed by atoms with Crippen LogP contribution in [-0.4, -0.2) is 27.5 Å². The van der Waals surface area contributed by atoms with E-state index < -0.39 is 7.60 Å². The Bertz CT molecular complexity index is 1070. The maximum Gasteiger partial charge on any atom is 0.325 e. The number of unbranched alkanes of at least 4 members (excludes halogenated alkanes) is 1. The molecule has 0 fully saturated rings. The molecule has 0 aliphatic rings. The van der Waals surface area contributed by atoms with Gasteiger partial charge in [-0.25, -0.2) is 0 Å². The molecule has 0 unspecified atom stereocenters. The van der Waals surface area contributed by atoms with Crippen LogP contribution in [-0.2, 0) is 17.5 Å². The molecule has 0 spiro atoms. The molecule has 1 heterocycles. The summed E-state index contributed by atoms with van der Waals surface area (Å²) >= 11 is 0. The molecule has 6 heteroatoms. The normalized spacial score (nSPS) is 11.3. The zero-order valence-electron chi connectivity index (χ0n) is 16.9. The summed E-state index contributed by atoms with van der Waals surface area (Å²) in [6.45, 7) is 1.14. The average molecular weight is 422 g/mol. The minimum absolute atomic E-state index is 0.0994. The maximum absolute atomic E-state index is 10.9. The monoisotopic (exact) mass is 422 g/mol. The number of rotatable bonds is 9. The molecule has 156 valence electrons. The van der Waals surface area contributed by atoms with Crippen molar-refractivity contribution in [2.45, 2.75) is 32.2 Å². The van der Waals surface area contributed by atoms with E-state index in [0.717, 1.165) is 41.3 Å². The lowest BCUT2D eigenvalue weighted by Crippen LogP contribution is -2.16. The van der Waals surface area contributed by atoms with Gasteiger partial charge >= 0.3 is 7.60 Å². The van der Waals surface area contributed by atoms with Crippen molar-refractivity contribution in [3.8, 4) is 11.8 Å². The van der Waals surface area contributed by atoms with Crippen LogP contribution in [0.2, 0.25) is 0 Å². The highest BCUT2D eigenvalue weighted by molar-refractivity contribution is 7.51. The average Bonchev–Trinajstić information content (AvgIpc) is 2.74. The van der Waals surface area contributed by atoms with Gasteiger partial charge in [0.05, 0.1) is 11.7 Å². The molecule has 0 amide bonds. The number of hydrogen-bond acceptors (Lipinski definition) is 3. The highest BCUT2D eigenvalue weighted by Crippen LogP contribution is 2.34. The predicted octanol–water partition coefficient (Wildman–Crippen LogP) is 4.27. The second kappa shape index (κ2) is 11.1. The van der Waals surface area contributed by atoms with Gasteiger partial charge in [0, 0.05) is 30.1 Å². The third-order valence-electron chi connectivity index (χ3n) is 4.80. The summed E-state index contributed by atoms with van der Waals surface area (Å²) in [7, 11) is -3.92. The molecule has 2 aromatic carbocycles. The van der Waals surface area contributed by atoms with Crippen molar-refractivity contribution < 1.29 is 14.4 Å². The van der Waals surface area contributed by atoms with E-state index in [1.165, 1.54) is 5.56 Å². The number of nitrogens with zero attached hydrogens (tertiary/aromatic N) is 1. The third kappa shape index (κ3) is 7.09. The Labute approximate surface area is 177 Å². The van der Waals surface area contributed by atoms with E-state index in [9.17, 15) is 4.57 Å². The Balaban J connectivity index is 1.59. The molecule has 30 heavy (non-hydrogen) atoms. The van der Waals surface area contributed by atoms with E-state index >= 15 is 0 Å². The zero-order valence-corrected chi connectivity index (χ0v) is 17.8. The molecular formula is C24H27N2O3P. The summed E-state index contributed by atoms with van der Waals surface area (Å²) < 4.78 is 10.9. The number of nitrogens with one attached hydrogen (secondary N) is 1. The fraction of sp³-hybridized carbons (Fsp3) is 0.292. The topological polar surface area (TPSA) is 82.5 Å². The highest BCUT2D eigenvalue weighted by Gasteiger charge is 2.11. The van der Waals surface area contributed by atoms with Gasteiger partial charge in [0.15, 0.2) is 0 Å².